The highest BCUT2D eigenvalue weighted by molar-refractivity contribution is 5.82. The molecule has 3 N–H and O–H groups in total. The van der Waals surface area contributed by atoms with Crippen LogP contribution in [0, 0.1) is 11.3 Å². The highest BCUT2D eigenvalue weighted by atomic mass is 16.2. The van der Waals surface area contributed by atoms with Gasteiger partial charge in [-0.15, -0.1) is 0 Å². The first-order chi connectivity index (χ1) is 9.01. The Labute approximate surface area is 113 Å². The fourth-order valence-corrected chi connectivity index (χ4v) is 2.53. The Kier molecular flexibility index (Phi) is 4.19. The third-order valence-corrected chi connectivity index (χ3v) is 4.09. The number of carbonyl (C=O) groups is 1. The van der Waals surface area contributed by atoms with Crippen LogP contribution in [-0.2, 0) is 4.79 Å². The van der Waals surface area contributed by atoms with Crippen molar-refractivity contribution in [2.75, 3.05) is 13.1 Å². The zero-order valence-corrected chi connectivity index (χ0v) is 11.9. The Morgan fingerprint density at radius 1 is 1.58 bits per heavy atom. The summed E-state index contributed by atoms with van der Waals surface area (Å²) in [7, 11) is 0. The third-order valence-electron chi connectivity index (χ3n) is 4.09. The van der Waals surface area contributed by atoms with E-state index < -0.39 is 0 Å². The molecule has 1 amide bonds. The van der Waals surface area contributed by atoms with Crippen LogP contribution in [0.4, 0.5) is 0 Å². The number of carbonyl (C=O) groups excluding carboxylic acids is 1. The van der Waals surface area contributed by atoms with Crippen molar-refractivity contribution in [2.24, 2.45) is 11.3 Å². The molecule has 19 heavy (non-hydrogen) atoms. The van der Waals surface area contributed by atoms with Crippen molar-refractivity contribution >= 4 is 5.91 Å². The minimum atomic E-state index is -0.373. The molecule has 0 saturated carbocycles. The van der Waals surface area contributed by atoms with Gasteiger partial charge in [-0.05, 0) is 38.8 Å². The number of rotatable bonds is 4. The molecule has 0 aliphatic carbocycles. The molecule has 0 spiro atoms. The van der Waals surface area contributed by atoms with E-state index in [4.69, 9.17) is 0 Å². The van der Waals surface area contributed by atoms with Gasteiger partial charge in [-0.3, -0.25) is 9.89 Å². The molecule has 1 aliphatic heterocycles. The summed E-state index contributed by atoms with van der Waals surface area (Å²) in [6.07, 6.45) is 3.69. The standard InChI is InChI=1S/C13H23N5O/c1-9(11-15-8-16-18-11)17-12(19)13(2,3)10-5-4-6-14-7-10/h8-10,14H,4-7H2,1-3H3,(H,17,19)(H,15,16,18). The van der Waals surface area contributed by atoms with Gasteiger partial charge in [0.25, 0.3) is 0 Å². The lowest BCUT2D eigenvalue weighted by molar-refractivity contribution is -0.133. The smallest absolute Gasteiger partial charge is 0.226 e. The number of aromatic nitrogens is 3. The summed E-state index contributed by atoms with van der Waals surface area (Å²) in [5.74, 6) is 1.14. The lowest BCUT2D eigenvalue weighted by Crippen LogP contribution is -2.47. The number of piperidine rings is 1. The summed E-state index contributed by atoms with van der Waals surface area (Å²) >= 11 is 0. The van der Waals surface area contributed by atoms with Gasteiger partial charge in [0.1, 0.15) is 12.2 Å². The number of nitrogens with zero attached hydrogens (tertiary/aromatic N) is 2. The lowest BCUT2D eigenvalue weighted by Gasteiger charge is -2.36. The first-order valence-corrected chi connectivity index (χ1v) is 6.88. The van der Waals surface area contributed by atoms with Crippen molar-refractivity contribution in [1.29, 1.82) is 0 Å². The quantitative estimate of drug-likeness (QED) is 0.758. The van der Waals surface area contributed by atoms with Crippen molar-refractivity contribution in [3.05, 3.63) is 12.2 Å². The highest BCUT2D eigenvalue weighted by Gasteiger charge is 2.37. The third kappa shape index (κ3) is 3.12. The summed E-state index contributed by atoms with van der Waals surface area (Å²) in [6.45, 7) is 7.92. The first kappa shape index (κ1) is 14.0. The second-order valence-electron chi connectivity index (χ2n) is 5.83. The Morgan fingerprint density at radius 2 is 2.37 bits per heavy atom. The number of aromatic amines is 1. The average Bonchev–Trinajstić information content (AvgIpc) is 2.93. The van der Waals surface area contributed by atoms with Gasteiger partial charge in [0, 0.05) is 5.41 Å². The number of hydrogen-bond donors (Lipinski definition) is 3. The van der Waals surface area contributed by atoms with E-state index in [2.05, 4.69) is 25.8 Å². The monoisotopic (exact) mass is 265 g/mol. The van der Waals surface area contributed by atoms with Gasteiger partial charge < -0.3 is 10.6 Å². The molecule has 0 radical (unpaired) electrons. The summed E-state index contributed by atoms with van der Waals surface area (Å²) in [5.41, 5.74) is -0.373. The van der Waals surface area contributed by atoms with Gasteiger partial charge in [-0.1, -0.05) is 13.8 Å². The van der Waals surface area contributed by atoms with Gasteiger partial charge in [0.05, 0.1) is 6.04 Å². The van der Waals surface area contributed by atoms with Crippen LogP contribution in [0.15, 0.2) is 6.33 Å². The van der Waals surface area contributed by atoms with Crippen LogP contribution in [-0.4, -0.2) is 34.2 Å². The molecule has 2 atom stereocenters. The number of nitrogens with one attached hydrogen (secondary N) is 3. The molecule has 1 aromatic heterocycles. The molecule has 2 unspecified atom stereocenters. The second kappa shape index (κ2) is 5.69. The van der Waals surface area contributed by atoms with Gasteiger partial charge in [-0.2, -0.15) is 5.10 Å². The van der Waals surface area contributed by atoms with Crippen LogP contribution in [0.5, 0.6) is 0 Å². The molecule has 1 fully saturated rings. The van der Waals surface area contributed by atoms with E-state index in [1.165, 1.54) is 6.33 Å². The topological polar surface area (TPSA) is 82.7 Å². The molecule has 1 aliphatic rings. The fraction of sp³-hybridized carbons (Fsp3) is 0.769. The molecule has 6 heteroatoms. The summed E-state index contributed by atoms with van der Waals surface area (Å²) < 4.78 is 0. The summed E-state index contributed by atoms with van der Waals surface area (Å²) in [5, 5.41) is 13.0. The zero-order chi connectivity index (χ0) is 13.9. The molecule has 6 nitrogen and oxygen atoms in total. The molecule has 1 saturated heterocycles. The van der Waals surface area contributed by atoms with Gasteiger partial charge >= 0.3 is 0 Å². The van der Waals surface area contributed by atoms with Gasteiger partial charge in [0.2, 0.25) is 5.91 Å². The summed E-state index contributed by atoms with van der Waals surface area (Å²) in [6, 6.07) is -0.147. The first-order valence-electron chi connectivity index (χ1n) is 6.88. The van der Waals surface area contributed by atoms with Crippen LogP contribution in [0.3, 0.4) is 0 Å². The van der Waals surface area contributed by atoms with Crippen molar-refractivity contribution < 1.29 is 4.79 Å². The maximum Gasteiger partial charge on any atom is 0.226 e. The van der Waals surface area contributed by atoms with Crippen LogP contribution < -0.4 is 10.6 Å². The average molecular weight is 265 g/mol. The molecule has 2 heterocycles. The van der Waals surface area contributed by atoms with Crippen molar-refractivity contribution in [3.8, 4) is 0 Å². The lowest BCUT2D eigenvalue weighted by atomic mass is 9.74. The van der Waals surface area contributed by atoms with Gasteiger partial charge in [-0.25, -0.2) is 4.98 Å². The minimum absolute atomic E-state index is 0.0742. The maximum atomic E-state index is 12.5. The predicted molar refractivity (Wildman–Crippen MR) is 72.3 cm³/mol. The summed E-state index contributed by atoms with van der Waals surface area (Å²) in [4.78, 5) is 16.5. The number of H-pyrrole nitrogens is 1. The number of hydrogen-bond acceptors (Lipinski definition) is 4. The van der Waals surface area contributed by atoms with Crippen LogP contribution >= 0.6 is 0 Å². The Bertz CT molecular complexity index is 409. The molecular formula is C13H23N5O. The van der Waals surface area contributed by atoms with E-state index in [9.17, 15) is 4.79 Å². The van der Waals surface area contributed by atoms with E-state index in [1.807, 2.05) is 20.8 Å². The second-order valence-corrected chi connectivity index (χ2v) is 5.83. The Morgan fingerprint density at radius 3 is 2.95 bits per heavy atom. The minimum Gasteiger partial charge on any atom is -0.346 e. The van der Waals surface area contributed by atoms with Crippen LogP contribution in [0.1, 0.15) is 45.5 Å². The molecule has 0 bridgehead atoms. The van der Waals surface area contributed by atoms with Crippen LogP contribution in [0.2, 0.25) is 0 Å². The zero-order valence-electron chi connectivity index (χ0n) is 11.9. The SMILES string of the molecule is CC(NC(=O)C(C)(C)C1CCCNC1)c1ncn[nH]1. The molecule has 2 rings (SSSR count). The Balaban J connectivity index is 1.97. The fourth-order valence-electron chi connectivity index (χ4n) is 2.53. The largest absolute Gasteiger partial charge is 0.346 e. The maximum absolute atomic E-state index is 12.5. The van der Waals surface area contributed by atoms with E-state index >= 15 is 0 Å². The van der Waals surface area contributed by atoms with Crippen molar-refractivity contribution in [3.63, 3.8) is 0 Å². The van der Waals surface area contributed by atoms with E-state index in [1.54, 1.807) is 0 Å². The van der Waals surface area contributed by atoms with E-state index in [0.717, 1.165) is 25.9 Å². The Hall–Kier alpha value is -1.43. The predicted octanol–water partition coefficient (Wildman–Crippen LogP) is 1.01. The molecule has 106 valence electrons. The molecule has 1 aromatic rings. The molecular weight excluding hydrogens is 242 g/mol. The highest BCUT2D eigenvalue weighted by Crippen LogP contribution is 2.32. The van der Waals surface area contributed by atoms with Crippen molar-refractivity contribution in [1.82, 2.24) is 25.8 Å². The van der Waals surface area contributed by atoms with Gasteiger partial charge in [0.15, 0.2) is 0 Å². The van der Waals surface area contributed by atoms with Crippen LogP contribution in [0.25, 0.3) is 0 Å². The number of amides is 1. The van der Waals surface area contributed by atoms with E-state index in [0.29, 0.717) is 11.7 Å². The normalized spacial score (nSPS) is 21.9. The van der Waals surface area contributed by atoms with Crippen molar-refractivity contribution in [2.45, 2.75) is 39.7 Å². The van der Waals surface area contributed by atoms with E-state index in [-0.39, 0.29) is 17.4 Å². The molecule has 0 aromatic carbocycles.